The zero-order valence-corrected chi connectivity index (χ0v) is 14.4. The SMILES string of the molecule is CCN(CC)c1nccc2c(Nc3cccc(OC)c3)cccc12. The van der Waals surface area contributed by atoms with Crippen LogP contribution in [-0.2, 0) is 0 Å². The third-order valence-corrected chi connectivity index (χ3v) is 4.20. The van der Waals surface area contributed by atoms with Gasteiger partial charge in [0.1, 0.15) is 11.6 Å². The first-order valence-corrected chi connectivity index (χ1v) is 8.30. The molecule has 0 bridgehead atoms. The van der Waals surface area contributed by atoms with Crippen LogP contribution in [0.2, 0.25) is 0 Å². The highest BCUT2D eigenvalue weighted by molar-refractivity contribution is 6.01. The van der Waals surface area contributed by atoms with Crippen molar-refractivity contribution in [3.05, 3.63) is 54.7 Å². The van der Waals surface area contributed by atoms with Crippen molar-refractivity contribution < 1.29 is 4.74 Å². The highest BCUT2D eigenvalue weighted by Gasteiger charge is 2.10. The third kappa shape index (κ3) is 3.13. The maximum Gasteiger partial charge on any atom is 0.136 e. The number of pyridine rings is 1. The average Bonchev–Trinajstić information content (AvgIpc) is 2.63. The van der Waals surface area contributed by atoms with Gasteiger partial charge in [0.2, 0.25) is 0 Å². The number of methoxy groups -OCH3 is 1. The number of benzene rings is 2. The Morgan fingerprint density at radius 2 is 1.79 bits per heavy atom. The van der Waals surface area contributed by atoms with Gasteiger partial charge in [-0.1, -0.05) is 18.2 Å². The number of nitrogens with one attached hydrogen (secondary N) is 1. The number of ether oxygens (including phenoxy) is 1. The van der Waals surface area contributed by atoms with Crippen molar-refractivity contribution in [1.82, 2.24) is 4.98 Å². The predicted molar refractivity (Wildman–Crippen MR) is 102 cm³/mol. The van der Waals surface area contributed by atoms with E-state index in [4.69, 9.17) is 4.74 Å². The molecule has 124 valence electrons. The van der Waals surface area contributed by atoms with E-state index >= 15 is 0 Å². The van der Waals surface area contributed by atoms with Gasteiger partial charge < -0.3 is 15.0 Å². The Morgan fingerprint density at radius 1 is 1.00 bits per heavy atom. The fraction of sp³-hybridized carbons (Fsp3) is 0.250. The minimum Gasteiger partial charge on any atom is -0.497 e. The maximum atomic E-state index is 5.30. The Hall–Kier alpha value is -2.75. The monoisotopic (exact) mass is 321 g/mol. The molecule has 4 nitrogen and oxygen atoms in total. The van der Waals surface area contributed by atoms with Crippen LogP contribution >= 0.6 is 0 Å². The molecular weight excluding hydrogens is 298 g/mol. The van der Waals surface area contributed by atoms with E-state index < -0.39 is 0 Å². The number of anilines is 3. The molecule has 1 aromatic heterocycles. The van der Waals surface area contributed by atoms with Crippen molar-refractivity contribution in [2.24, 2.45) is 0 Å². The number of hydrogen-bond acceptors (Lipinski definition) is 4. The smallest absolute Gasteiger partial charge is 0.136 e. The molecule has 4 heteroatoms. The van der Waals surface area contributed by atoms with E-state index in [1.807, 2.05) is 30.5 Å². The summed E-state index contributed by atoms with van der Waals surface area (Å²) in [4.78, 5) is 6.88. The van der Waals surface area contributed by atoms with Crippen LogP contribution in [0.15, 0.2) is 54.7 Å². The summed E-state index contributed by atoms with van der Waals surface area (Å²) in [7, 11) is 1.68. The summed E-state index contributed by atoms with van der Waals surface area (Å²) < 4.78 is 5.30. The van der Waals surface area contributed by atoms with Crippen LogP contribution < -0.4 is 15.0 Å². The number of aromatic nitrogens is 1. The van der Waals surface area contributed by atoms with Crippen LogP contribution in [0.25, 0.3) is 10.8 Å². The molecule has 3 aromatic rings. The van der Waals surface area contributed by atoms with Gasteiger partial charge >= 0.3 is 0 Å². The standard InChI is InChI=1S/C20H23N3O/c1-4-23(5-2)20-18-10-7-11-19(17(18)12-13-21-20)22-15-8-6-9-16(14-15)24-3/h6-14,22H,4-5H2,1-3H3. The van der Waals surface area contributed by atoms with E-state index in [0.717, 1.165) is 46.8 Å². The lowest BCUT2D eigenvalue weighted by Crippen LogP contribution is -2.23. The molecule has 1 heterocycles. The Labute approximate surface area is 143 Å². The molecule has 0 atom stereocenters. The molecule has 0 spiro atoms. The molecule has 0 radical (unpaired) electrons. The summed E-state index contributed by atoms with van der Waals surface area (Å²) in [5.41, 5.74) is 2.07. The summed E-state index contributed by atoms with van der Waals surface area (Å²) in [5, 5.41) is 5.82. The Kier molecular flexibility index (Phi) is 4.85. The van der Waals surface area contributed by atoms with Crippen molar-refractivity contribution in [2.45, 2.75) is 13.8 Å². The Balaban J connectivity index is 2.04. The zero-order chi connectivity index (χ0) is 16.9. The molecule has 0 fully saturated rings. The van der Waals surface area contributed by atoms with Crippen molar-refractivity contribution in [1.29, 1.82) is 0 Å². The van der Waals surface area contributed by atoms with Gasteiger partial charge in [-0.05, 0) is 38.1 Å². The van der Waals surface area contributed by atoms with Gasteiger partial charge in [-0.3, -0.25) is 0 Å². The minimum absolute atomic E-state index is 0.839. The van der Waals surface area contributed by atoms with Gasteiger partial charge in [-0.2, -0.15) is 0 Å². The van der Waals surface area contributed by atoms with Gasteiger partial charge in [-0.25, -0.2) is 4.98 Å². The van der Waals surface area contributed by atoms with E-state index in [2.05, 4.69) is 53.3 Å². The molecule has 2 aromatic carbocycles. The minimum atomic E-state index is 0.839. The fourth-order valence-electron chi connectivity index (χ4n) is 2.93. The first-order chi connectivity index (χ1) is 11.8. The van der Waals surface area contributed by atoms with Gasteiger partial charge in [0, 0.05) is 47.5 Å². The molecule has 1 N–H and O–H groups in total. The molecule has 0 saturated heterocycles. The van der Waals surface area contributed by atoms with Crippen molar-refractivity contribution >= 4 is 28.0 Å². The quantitative estimate of drug-likeness (QED) is 0.705. The predicted octanol–water partition coefficient (Wildman–Crippen LogP) is 4.83. The highest BCUT2D eigenvalue weighted by atomic mass is 16.5. The number of fused-ring (bicyclic) bond motifs is 1. The van der Waals surface area contributed by atoms with Crippen molar-refractivity contribution in [2.75, 3.05) is 30.4 Å². The second-order valence-electron chi connectivity index (χ2n) is 5.56. The topological polar surface area (TPSA) is 37.4 Å². The highest BCUT2D eigenvalue weighted by Crippen LogP contribution is 2.32. The van der Waals surface area contributed by atoms with Gasteiger partial charge in [0.25, 0.3) is 0 Å². The largest absolute Gasteiger partial charge is 0.497 e. The lowest BCUT2D eigenvalue weighted by atomic mass is 10.1. The first-order valence-electron chi connectivity index (χ1n) is 8.30. The molecule has 0 amide bonds. The molecule has 0 saturated carbocycles. The molecule has 3 rings (SSSR count). The van der Waals surface area contributed by atoms with Crippen LogP contribution in [0.5, 0.6) is 5.75 Å². The van der Waals surface area contributed by atoms with E-state index in [1.165, 1.54) is 0 Å². The Bertz CT molecular complexity index is 828. The molecule has 0 aliphatic rings. The van der Waals surface area contributed by atoms with Crippen LogP contribution in [-0.4, -0.2) is 25.2 Å². The number of rotatable bonds is 6. The molecule has 0 aliphatic heterocycles. The summed E-state index contributed by atoms with van der Waals surface area (Å²) in [6.07, 6.45) is 1.88. The number of nitrogens with zero attached hydrogens (tertiary/aromatic N) is 2. The molecular formula is C20H23N3O. The maximum absolute atomic E-state index is 5.30. The summed E-state index contributed by atoms with van der Waals surface area (Å²) in [5.74, 6) is 1.87. The number of hydrogen-bond donors (Lipinski definition) is 1. The lowest BCUT2D eigenvalue weighted by Gasteiger charge is -2.22. The molecule has 0 unspecified atom stereocenters. The first kappa shape index (κ1) is 16.1. The van der Waals surface area contributed by atoms with Gasteiger partial charge in [-0.15, -0.1) is 0 Å². The summed E-state index contributed by atoms with van der Waals surface area (Å²) in [6, 6.07) is 16.3. The van der Waals surface area contributed by atoms with Crippen molar-refractivity contribution in [3.8, 4) is 5.75 Å². The molecule has 0 aliphatic carbocycles. The van der Waals surface area contributed by atoms with E-state index in [0.29, 0.717) is 0 Å². The fourth-order valence-corrected chi connectivity index (χ4v) is 2.93. The van der Waals surface area contributed by atoms with Crippen LogP contribution in [0.3, 0.4) is 0 Å². The van der Waals surface area contributed by atoms with E-state index in [9.17, 15) is 0 Å². The molecule has 24 heavy (non-hydrogen) atoms. The van der Waals surface area contributed by atoms with Crippen LogP contribution in [0, 0.1) is 0 Å². The lowest BCUT2D eigenvalue weighted by molar-refractivity contribution is 0.415. The van der Waals surface area contributed by atoms with Crippen molar-refractivity contribution in [3.63, 3.8) is 0 Å². The third-order valence-electron chi connectivity index (χ3n) is 4.20. The Morgan fingerprint density at radius 3 is 2.54 bits per heavy atom. The van der Waals surface area contributed by atoms with Gasteiger partial charge in [0.05, 0.1) is 7.11 Å². The van der Waals surface area contributed by atoms with Crippen LogP contribution in [0.1, 0.15) is 13.8 Å². The average molecular weight is 321 g/mol. The zero-order valence-electron chi connectivity index (χ0n) is 14.4. The normalized spacial score (nSPS) is 10.6. The van der Waals surface area contributed by atoms with Crippen LogP contribution in [0.4, 0.5) is 17.2 Å². The van der Waals surface area contributed by atoms with Gasteiger partial charge in [0.15, 0.2) is 0 Å². The van der Waals surface area contributed by atoms with E-state index in [1.54, 1.807) is 7.11 Å². The second-order valence-corrected chi connectivity index (χ2v) is 5.56. The summed E-state index contributed by atoms with van der Waals surface area (Å²) >= 11 is 0. The second kappa shape index (κ2) is 7.21. The summed E-state index contributed by atoms with van der Waals surface area (Å²) in [6.45, 7) is 6.19. The van der Waals surface area contributed by atoms with E-state index in [-0.39, 0.29) is 0 Å².